The fraction of sp³-hybridized carbons (Fsp3) is 0.400. The van der Waals surface area contributed by atoms with E-state index in [2.05, 4.69) is 0 Å². The van der Waals surface area contributed by atoms with Crippen LogP contribution in [0.15, 0.2) is 29.2 Å². The van der Waals surface area contributed by atoms with Crippen molar-refractivity contribution >= 4 is 10.1 Å². The molecule has 4 nitrogen and oxygen atoms in total. The molecule has 5 heteroatoms. The van der Waals surface area contributed by atoms with Gasteiger partial charge in [-0.2, -0.15) is 8.42 Å². The maximum absolute atomic E-state index is 11.7. The number of hydrogen-bond donors (Lipinski definition) is 1. The minimum absolute atomic E-state index is 0.117. The second-order valence-electron chi connectivity index (χ2n) is 3.95. The van der Waals surface area contributed by atoms with E-state index < -0.39 is 15.8 Å². The molecule has 15 heavy (non-hydrogen) atoms. The number of aryl methyl sites for hydroxylation is 1. The molecule has 0 fully saturated rings. The van der Waals surface area contributed by atoms with Crippen molar-refractivity contribution in [2.45, 2.75) is 31.4 Å². The maximum Gasteiger partial charge on any atom is 0.298 e. The van der Waals surface area contributed by atoms with Crippen molar-refractivity contribution in [3.05, 3.63) is 29.8 Å². The zero-order chi connectivity index (χ0) is 11.7. The molecule has 1 aromatic rings. The van der Waals surface area contributed by atoms with Gasteiger partial charge in [0, 0.05) is 0 Å². The molecule has 0 amide bonds. The molecule has 0 atom stereocenters. The Kier molecular flexibility index (Phi) is 3.18. The molecule has 0 bridgehead atoms. The van der Waals surface area contributed by atoms with Gasteiger partial charge in [-0.25, -0.2) is 4.18 Å². The van der Waals surface area contributed by atoms with Crippen molar-refractivity contribution < 1.29 is 12.6 Å². The number of rotatable bonds is 3. The van der Waals surface area contributed by atoms with Crippen LogP contribution in [0, 0.1) is 6.92 Å². The van der Waals surface area contributed by atoms with Gasteiger partial charge in [-0.3, -0.25) is 0 Å². The Balaban J connectivity index is 3.02. The highest BCUT2D eigenvalue weighted by molar-refractivity contribution is 7.86. The molecule has 0 spiro atoms. The third kappa shape index (κ3) is 3.62. The first-order chi connectivity index (χ1) is 6.71. The van der Waals surface area contributed by atoms with E-state index in [-0.39, 0.29) is 4.90 Å². The quantitative estimate of drug-likeness (QED) is 0.628. The first kappa shape index (κ1) is 12.2. The van der Waals surface area contributed by atoms with Gasteiger partial charge in [-0.1, -0.05) is 17.7 Å². The lowest BCUT2D eigenvalue weighted by molar-refractivity contribution is 0.126. The topological polar surface area (TPSA) is 69.4 Å². The summed E-state index contributed by atoms with van der Waals surface area (Å²) in [6, 6.07) is 6.41. The largest absolute Gasteiger partial charge is 0.303 e. The number of hydrogen-bond acceptors (Lipinski definition) is 4. The molecule has 1 rings (SSSR count). The Labute approximate surface area is 90.2 Å². The smallest absolute Gasteiger partial charge is 0.298 e. The standard InChI is InChI=1S/C10H15NO3S/c1-8-4-6-9(7-5-8)15(12,13)14-10(2,3)11/h4-7H,11H2,1-3H3. The van der Waals surface area contributed by atoms with Gasteiger partial charge >= 0.3 is 0 Å². The predicted molar refractivity (Wildman–Crippen MR) is 57.7 cm³/mol. The van der Waals surface area contributed by atoms with E-state index >= 15 is 0 Å². The van der Waals surface area contributed by atoms with Crippen LogP contribution in [-0.4, -0.2) is 14.1 Å². The van der Waals surface area contributed by atoms with Crippen molar-refractivity contribution in [2.24, 2.45) is 5.73 Å². The van der Waals surface area contributed by atoms with Crippen molar-refractivity contribution in [1.82, 2.24) is 0 Å². The van der Waals surface area contributed by atoms with Gasteiger partial charge in [0.25, 0.3) is 10.1 Å². The summed E-state index contributed by atoms with van der Waals surface area (Å²) in [7, 11) is -3.76. The van der Waals surface area contributed by atoms with E-state index in [4.69, 9.17) is 9.92 Å². The van der Waals surface area contributed by atoms with Crippen molar-refractivity contribution in [3.8, 4) is 0 Å². The summed E-state index contributed by atoms with van der Waals surface area (Å²) in [5.74, 6) is 0. The Morgan fingerprint density at radius 2 is 1.67 bits per heavy atom. The lowest BCUT2D eigenvalue weighted by Crippen LogP contribution is -2.37. The van der Waals surface area contributed by atoms with Crippen LogP contribution in [0.25, 0.3) is 0 Å². The monoisotopic (exact) mass is 229 g/mol. The highest BCUT2D eigenvalue weighted by Crippen LogP contribution is 2.17. The van der Waals surface area contributed by atoms with E-state index in [1.165, 1.54) is 26.0 Å². The first-order valence-electron chi connectivity index (χ1n) is 4.52. The van der Waals surface area contributed by atoms with Gasteiger partial charge < -0.3 is 5.73 Å². The van der Waals surface area contributed by atoms with Crippen LogP contribution in [-0.2, 0) is 14.3 Å². The number of nitrogens with two attached hydrogens (primary N) is 1. The van der Waals surface area contributed by atoms with Gasteiger partial charge in [0.2, 0.25) is 0 Å². The van der Waals surface area contributed by atoms with Gasteiger partial charge in [0.1, 0.15) is 5.72 Å². The van der Waals surface area contributed by atoms with Crippen molar-refractivity contribution in [1.29, 1.82) is 0 Å². The van der Waals surface area contributed by atoms with Gasteiger partial charge in [0.15, 0.2) is 0 Å². The van der Waals surface area contributed by atoms with Crippen LogP contribution in [0.5, 0.6) is 0 Å². The molecule has 0 aliphatic heterocycles. The van der Waals surface area contributed by atoms with Crippen LogP contribution in [0.2, 0.25) is 0 Å². The summed E-state index contributed by atoms with van der Waals surface area (Å²) in [6.45, 7) is 4.85. The van der Waals surface area contributed by atoms with Gasteiger partial charge in [-0.15, -0.1) is 0 Å². The Hall–Kier alpha value is -0.910. The molecule has 0 saturated carbocycles. The fourth-order valence-corrected chi connectivity index (χ4v) is 2.17. The average Bonchev–Trinajstić information content (AvgIpc) is 2.00. The molecule has 0 aliphatic rings. The zero-order valence-electron chi connectivity index (χ0n) is 9.02. The highest BCUT2D eigenvalue weighted by atomic mass is 32.2. The molecular weight excluding hydrogens is 214 g/mol. The lowest BCUT2D eigenvalue weighted by atomic mass is 10.2. The third-order valence-electron chi connectivity index (χ3n) is 1.63. The van der Waals surface area contributed by atoms with Crippen molar-refractivity contribution in [3.63, 3.8) is 0 Å². The number of benzene rings is 1. The Bertz CT molecular complexity index is 429. The van der Waals surface area contributed by atoms with E-state index in [1.807, 2.05) is 6.92 Å². The van der Waals surface area contributed by atoms with Crippen molar-refractivity contribution in [2.75, 3.05) is 0 Å². The molecule has 0 aromatic heterocycles. The summed E-state index contributed by atoms with van der Waals surface area (Å²) < 4.78 is 28.1. The van der Waals surface area contributed by atoms with Crippen LogP contribution < -0.4 is 5.73 Å². The van der Waals surface area contributed by atoms with E-state index in [0.29, 0.717) is 0 Å². The van der Waals surface area contributed by atoms with Crippen LogP contribution in [0.1, 0.15) is 19.4 Å². The summed E-state index contributed by atoms with van der Waals surface area (Å²) in [4.78, 5) is 0.117. The van der Waals surface area contributed by atoms with Crippen LogP contribution in [0.3, 0.4) is 0 Å². The molecule has 0 heterocycles. The summed E-state index contributed by atoms with van der Waals surface area (Å²) in [5, 5.41) is 0. The highest BCUT2D eigenvalue weighted by Gasteiger charge is 2.23. The molecule has 0 aliphatic carbocycles. The molecule has 84 valence electrons. The lowest BCUT2D eigenvalue weighted by Gasteiger charge is -2.18. The Morgan fingerprint density at radius 1 is 1.20 bits per heavy atom. The second kappa shape index (κ2) is 3.92. The van der Waals surface area contributed by atoms with Gasteiger partial charge in [-0.05, 0) is 32.9 Å². The maximum atomic E-state index is 11.7. The predicted octanol–water partition coefficient (Wildman–Crippen LogP) is 1.40. The molecule has 0 radical (unpaired) electrons. The summed E-state index contributed by atoms with van der Waals surface area (Å²) >= 11 is 0. The SMILES string of the molecule is Cc1ccc(S(=O)(=O)OC(C)(C)N)cc1. The molecule has 0 saturated heterocycles. The Morgan fingerprint density at radius 3 is 2.07 bits per heavy atom. The van der Waals surface area contributed by atoms with E-state index in [9.17, 15) is 8.42 Å². The van der Waals surface area contributed by atoms with Crippen LogP contribution >= 0.6 is 0 Å². The molecule has 1 aromatic carbocycles. The summed E-state index contributed by atoms with van der Waals surface area (Å²) in [5.41, 5.74) is 5.27. The van der Waals surface area contributed by atoms with Crippen LogP contribution in [0.4, 0.5) is 0 Å². The van der Waals surface area contributed by atoms with E-state index in [0.717, 1.165) is 5.56 Å². The zero-order valence-corrected chi connectivity index (χ0v) is 9.84. The summed E-state index contributed by atoms with van der Waals surface area (Å²) in [6.07, 6.45) is 0. The molecule has 2 N–H and O–H groups in total. The minimum atomic E-state index is -3.76. The minimum Gasteiger partial charge on any atom is -0.303 e. The average molecular weight is 229 g/mol. The first-order valence-corrected chi connectivity index (χ1v) is 5.93. The second-order valence-corrected chi connectivity index (χ2v) is 5.50. The molecular formula is C10H15NO3S. The van der Waals surface area contributed by atoms with Gasteiger partial charge in [0.05, 0.1) is 4.90 Å². The third-order valence-corrected chi connectivity index (χ3v) is 3.13. The normalized spacial score (nSPS) is 12.8. The fourth-order valence-electron chi connectivity index (χ4n) is 1.04. The molecule has 0 unspecified atom stereocenters. The van der Waals surface area contributed by atoms with E-state index in [1.54, 1.807) is 12.1 Å².